The Morgan fingerprint density at radius 2 is 1.76 bits per heavy atom. The summed E-state index contributed by atoms with van der Waals surface area (Å²) in [5.41, 5.74) is 4.58. The van der Waals surface area contributed by atoms with Crippen LogP contribution in [-0.4, -0.2) is 54.3 Å². The van der Waals surface area contributed by atoms with Gasteiger partial charge in [-0.25, -0.2) is 5.43 Å². The minimum absolute atomic E-state index is 0.212. The molecule has 2 aliphatic heterocycles. The third-order valence-electron chi connectivity index (χ3n) is 4.86. The molecule has 0 atom stereocenters. The van der Waals surface area contributed by atoms with Gasteiger partial charge in [-0.2, -0.15) is 20.1 Å². The normalized spacial score (nSPS) is 15.2. The Balaban J connectivity index is 1.39. The highest BCUT2D eigenvalue weighted by Gasteiger charge is 2.18. The van der Waals surface area contributed by atoms with Crippen LogP contribution in [-0.2, 0) is 4.74 Å². The first-order chi connectivity index (χ1) is 16.1. The molecule has 0 radical (unpaired) electrons. The van der Waals surface area contributed by atoms with E-state index in [9.17, 15) is 0 Å². The zero-order valence-corrected chi connectivity index (χ0v) is 20.5. The molecule has 2 N–H and O–H groups in total. The van der Waals surface area contributed by atoms with Crippen LogP contribution in [0.25, 0.3) is 0 Å². The molecule has 0 spiro atoms. The quantitative estimate of drug-likeness (QED) is 0.330. The monoisotopic (exact) mass is 575 g/mol. The van der Waals surface area contributed by atoms with Crippen LogP contribution >= 0.6 is 31.9 Å². The number of anilines is 4. The van der Waals surface area contributed by atoms with Gasteiger partial charge < -0.3 is 24.4 Å². The van der Waals surface area contributed by atoms with E-state index in [1.54, 1.807) is 6.21 Å². The van der Waals surface area contributed by atoms with Gasteiger partial charge in [0.1, 0.15) is 0 Å². The third-order valence-corrected chi connectivity index (χ3v) is 6.04. The van der Waals surface area contributed by atoms with Gasteiger partial charge in [-0.05, 0) is 46.3 Å². The highest BCUT2D eigenvalue weighted by molar-refractivity contribution is 9.10. The van der Waals surface area contributed by atoms with Gasteiger partial charge in [-0.3, -0.25) is 0 Å². The summed E-state index contributed by atoms with van der Waals surface area (Å²) in [6, 6.07) is 11.5. The topological polar surface area (TPSA) is 106 Å². The molecule has 0 amide bonds. The summed E-state index contributed by atoms with van der Waals surface area (Å²) in [6.45, 7) is 2.86. The molecule has 170 valence electrons. The average molecular weight is 577 g/mol. The first-order valence-electron chi connectivity index (χ1n) is 10.1. The lowest BCUT2D eigenvalue weighted by molar-refractivity contribution is 0.122. The Morgan fingerprint density at radius 3 is 2.58 bits per heavy atom. The van der Waals surface area contributed by atoms with Crippen LogP contribution in [0.1, 0.15) is 5.56 Å². The van der Waals surface area contributed by atoms with E-state index < -0.39 is 0 Å². The number of halogens is 2. The van der Waals surface area contributed by atoms with Crippen molar-refractivity contribution in [3.8, 4) is 11.5 Å². The fourth-order valence-electron chi connectivity index (χ4n) is 3.26. The molecule has 0 bridgehead atoms. The SMILES string of the molecule is Brc1cccc(Nc2nc(N/N=C/c3cc4c(cc3Br)OCO4)nc(N3CCOCC3)n2)c1. The second kappa shape index (κ2) is 9.89. The number of hydrazone groups is 1. The van der Waals surface area contributed by atoms with Gasteiger partial charge >= 0.3 is 0 Å². The van der Waals surface area contributed by atoms with Gasteiger partial charge in [-0.15, -0.1) is 0 Å². The van der Waals surface area contributed by atoms with Crippen molar-refractivity contribution in [2.75, 3.05) is 48.7 Å². The van der Waals surface area contributed by atoms with Gasteiger partial charge in [0.2, 0.25) is 24.6 Å². The highest BCUT2D eigenvalue weighted by Crippen LogP contribution is 2.36. The van der Waals surface area contributed by atoms with Gasteiger partial charge in [0.05, 0.1) is 19.4 Å². The smallest absolute Gasteiger partial charge is 0.250 e. The number of benzene rings is 2. The summed E-state index contributed by atoms with van der Waals surface area (Å²) in [5, 5.41) is 7.54. The predicted molar refractivity (Wildman–Crippen MR) is 132 cm³/mol. The minimum Gasteiger partial charge on any atom is -0.454 e. The van der Waals surface area contributed by atoms with Crippen LogP contribution in [0.4, 0.5) is 23.5 Å². The van der Waals surface area contributed by atoms with Crippen molar-refractivity contribution < 1.29 is 14.2 Å². The molecule has 3 heterocycles. The average Bonchev–Trinajstić information content (AvgIpc) is 3.27. The maximum absolute atomic E-state index is 5.45. The number of hydrogen-bond acceptors (Lipinski definition) is 10. The van der Waals surface area contributed by atoms with Gasteiger partial charge in [-0.1, -0.05) is 22.0 Å². The zero-order valence-electron chi connectivity index (χ0n) is 17.3. The van der Waals surface area contributed by atoms with Crippen LogP contribution < -0.4 is 25.1 Å². The van der Waals surface area contributed by atoms with E-state index in [1.807, 2.05) is 36.4 Å². The second-order valence-electron chi connectivity index (χ2n) is 7.11. The Hall–Kier alpha value is -2.96. The van der Waals surface area contributed by atoms with Crippen molar-refractivity contribution in [2.24, 2.45) is 5.10 Å². The van der Waals surface area contributed by atoms with E-state index in [0.29, 0.717) is 55.6 Å². The molecule has 33 heavy (non-hydrogen) atoms. The highest BCUT2D eigenvalue weighted by atomic mass is 79.9. The lowest BCUT2D eigenvalue weighted by Crippen LogP contribution is -2.37. The van der Waals surface area contributed by atoms with E-state index in [-0.39, 0.29) is 6.79 Å². The Bertz CT molecular complexity index is 1190. The summed E-state index contributed by atoms with van der Waals surface area (Å²) >= 11 is 7.01. The molecule has 3 aromatic rings. The molecule has 0 aliphatic carbocycles. The fraction of sp³-hybridized carbons (Fsp3) is 0.238. The van der Waals surface area contributed by atoms with Gasteiger partial charge in [0.15, 0.2) is 11.5 Å². The van der Waals surface area contributed by atoms with Crippen LogP contribution in [0.2, 0.25) is 0 Å². The summed E-state index contributed by atoms with van der Waals surface area (Å²) < 4.78 is 18.1. The number of rotatable bonds is 6. The van der Waals surface area contributed by atoms with E-state index in [1.165, 1.54) is 0 Å². The van der Waals surface area contributed by atoms with Crippen LogP contribution in [0.3, 0.4) is 0 Å². The summed E-state index contributed by atoms with van der Waals surface area (Å²) in [7, 11) is 0. The van der Waals surface area contributed by atoms with E-state index in [2.05, 4.69) is 67.6 Å². The largest absolute Gasteiger partial charge is 0.454 e. The van der Waals surface area contributed by atoms with Crippen molar-refractivity contribution in [3.63, 3.8) is 0 Å². The number of nitrogens with one attached hydrogen (secondary N) is 2. The molecular weight excluding hydrogens is 558 g/mol. The zero-order chi connectivity index (χ0) is 22.6. The van der Waals surface area contributed by atoms with E-state index in [0.717, 1.165) is 20.2 Å². The van der Waals surface area contributed by atoms with Crippen molar-refractivity contribution in [2.45, 2.75) is 0 Å². The lowest BCUT2D eigenvalue weighted by atomic mass is 10.2. The standard InChI is InChI=1S/C21H19Br2N7O3/c22-14-2-1-3-15(9-14)25-19-26-20(28-21(27-19)30-4-6-31-7-5-30)29-24-11-13-8-17-18(10-16(13)23)33-12-32-17/h1-3,8-11H,4-7,12H2,(H2,25,26,27,28,29)/b24-11+. The summed E-state index contributed by atoms with van der Waals surface area (Å²) in [4.78, 5) is 15.7. The van der Waals surface area contributed by atoms with Crippen molar-refractivity contribution in [3.05, 3.63) is 50.9 Å². The molecule has 1 fully saturated rings. The molecule has 0 unspecified atom stereocenters. The lowest BCUT2D eigenvalue weighted by Gasteiger charge is -2.27. The first-order valence-corrected chi connectivity index (χ1v) is 11.7. The molecule has 0 saturated carbocycles. The first kappa shape index (κ1) is 21.9. The molecular formula is C21H19Br2N7O3. The van der Waals surface area contributed by atoms with Gasteiger partial charge in [0, 0.05) is 33.3 Å². The minimum atomic E-state index is 0.212. The number of ether oxygens (including phenoxy) is 3. The number of fused-ring (bicyclic) bond motifs is 1. The third kappa shape index (κ3) is 5.34. The van der Waals surface area contributed by atoms with Crippen molar-refractivity contribution in [1.82, 2.24) is 15.0 Å². The molecule has 5 rings (SSSR count). The number of aromatic nitrogens is 3. The Kier molecular flexibility index (Phi) is 6.55. The van der Waals surface area contributed by atoms with Crippen molar-refractivity contribution >= 4 is 61.6 Å². The predicted octanol–water partition coefficient (Wildman–Crippen LogP) is 4.15. The number of morpholine rings is 1. The summed E-state index contributed by atoms with van der Waals surface area (Å²) in [6.07, 6.45) is 1.66. The fourth-order valence-corrected chi connectivity index (χ4v) is 4.09. The maximum atomic E-state index is 5.45. The molecule has 1 aromatic heterocycles. The number of hydrogen-bond donors (Lipinski definition) is 2. The maximum Gasteiger partial charge on any atom is 0.250 e. The molecule has 1 saturated heterocycles. The molecule has 12 heteroatoms. The van der Waals surface area contributed by atoms with Crippen molar-refractivity contribution in [1.29, 1.82) is 0 Å². The number of nitrogens with zero attached hydrogens (tertiary/aromatic N) is 5. The molecule has 2 aliphatic rings. The van der Waals surface area contributed by atoms with E-state index >= 15 is 0 Å². The van der Waals surface area contributed by atoms with Crippen LogP contribution in [0.5, 0.6) is 11.5 Å². The Morgan fingerprint density at radius 1 is 0.970 bits per heavy atom. The Labute approximate surface area is 206 Å². The van der Waals surface area contributed by atoms with Crippen LogP contribution in [0.15, 0.2) is 50.4 Å². The molecule has 2 aromatic carbocycles. The van der Waals surface area contributed by atoms with Crippen LogP contribution in [0, 0.1) is 0 Å². The van der Waals surface area contributed by atoms with Gasteiger partial charge in [0.25, 0.3) is 0 Å². The molecule has 10 nitrogen and oxygen atoms in total. The van der Waals surface area contributed by atoms with E-state index in [4.69, 9.17) is 14.2 Å². The summed E-state index contributed by atoms with van der Waals surface area (Å²) in [5.74, 6) is 2.65. The second-order valence-corrected chi connectivity index (χ2v) is 8.88.